The number of benzene rings is 3. The maximum atomic E-state index is 12.0. The van der Waals surface area contributed by atoms with Crippen molar-refractivity contribution in [2.24, 2.45) is 4.99 Å². The Morgan fingerprint density at radius 2 is 1.86 bits per heavy atom. The Kier molecular flexibility index (Phi) is 4.18. The summed E-state index contributed by atoms with van der Waals surface area (Å²) in [5, 5.41) is 9.04. The van der Waals surface area contributed by atoms with E-state index >= 15 is 0 Å². The minimum atomic E-state index is -0.470. The maximum absolute atomic E-state index is 12.0. The molecule has 0 fully saturated rings. The number of carbonyl (C=O) groups is 1. The average Bonchev–Trinajstić information content (AvgIpc) is 3.37. The van der Waals surface area contributed by atoms with Gasteiger partial charge in [0, 0.05) is 25.1 Å². The zero-order valence-electron chi connectivity index (χ0n) is 16.1. The van der Waals surface area contributed by atoms with Gasteiger partial charge in [0.25, 0.3) is 5.91 Å². The molecule has 29 heavy (non-hydrogen) atoms. The number of amides is 1. The van der Waals surface area contributed by atoms with E-state index in [1.54, 1.807) is 11.5 Å². The average molecular weight is 383 g/mol. The highest BCUT2D eigenvalue weighted by Crippen LogP contribution is 2.39. The number of hydrogen-bond donors (Lipinski definition) is 2. The molecule has 5 nitrogen and oxygen atoms in total. The van der Waals surface area contributed by atoms with E-state index in [1.165, 1.54) is 22.3 Å². The largest absolute Gasteiger partial charge is 0.351 e. The molecule has 0 aliphatic carbocycles. The van der Waals surface area contributed by atoms with Crippen molar-refractivity contribution in [2.75, 3.05) is 0 Å². The van der Waals surface area contributed by atoms with Gasteiger partial charge in [0.1, 0.15) is 5.84 Å². The number of fused-ring (bicyclic) bond motifs is 2. The molecule has 1 amide bonds. The predicted molar refractivity (Wildman–Crippen MR) is 112 cm³/mol. The van der Waals surface area contributed by atoms with Crippen LogP contribution in [0.1, 0.15) is 32.6 Å². The second kappa shape index (κ2) is 6.87. The minimum Gasteiger partial charge on any atom is -0.351 e. The molecule has 144 valence electrons. The van der Waals surface area contributed by atoms with Crippen molar-refractivity contribution >= 4 is 17.4 Å². The highest BCUT2D eigenvalue weighted by atomic mass is 16.5. The third-order valence-corrected chi connectivity index (χ3v) is 5.73. The van der Waals surface area contributed by atoms with Gasteiger partial charge in [0.15, 0.2) is 0 Å². The lowest BCUT2D eigenvalue weighted by Gasteiger charge is -2.17. The standard InChI is InChI=1S/C24H21N3O2/c1-15-10-19(16-6-3-2-4-7-16)20-12-23(25-22(20)11-15)27-13-17-8-5-9-18(21(17)14-27)24(28)26-29/h2-11,29H,12-14H2,1H3,(H,26,28). The molecule has 0 radical (unpaired) electrons. The first-order chi connectivity index (χ1) is 14.1. The summed E-state index contributed by atoms with van der Waals surface area (Å²) >= 11 is 0. The van der Waals surface area contributed by atoms with E-state index in [0.717, 1.165) is 29.1 Å². The van der Waals surface area contributed by atoms with E-state index in [1.807, 2.05) is 18.2 Å². The predicted octanol–water partition coefficient (Wildman–Crippen LogP) is 4.38. The van der Waals surface area contributed by atoms with Gasteiger partial charge in [-0.1, -0.05) is 48.5 Å². The first-order valence-corrected chi connectivity index (χ1v) is 9.70. The molecule has 2 N–H and O–H groups in total. The van der Waals surface area contributed by atoms with E-state index in [0.29, 0.717) is 18.7 Å². The second-order valence-corrected chi connectivity index (χ2v) is 7.62. The van der Waals surface area contributed by atoms with Crippen molar-refractivity contribution in [3.05, 3.63) is 88.5 Å². The molecular formula is C24H21N3O2. The Hall–Kier alpha value is -3.44. The molecule has 0 spiro atoms. The summed E-state index contributed by atoms with van der Waals surface area (Å²) in [7, 11) is 0. The summed E-state index contributed by atoms with van der Waals surface area (Å²) in [6, 6.07) is 20.4. The number of rotatable bonds is 2. The number of carbonyl (C=O) groups excluding carboxylic acids is 1. The summed E-state index contributed by atoms with van der Waals surface area (Å²) in [5.74, 6) is 0.552. The Labute approximate surface area is 169 Å². The van der Waals surface area contributed by atoms with Gasteiger partial charge in [-0.15, -0.1) is 0 Å². The van der Waals surface area contributed by atoms with Gasteiger partial charge in [-0.25, -0.2) is 10.5 Å². The summed E-state index contributed by atoms with van der Waals surface area (Å²) in [6.07, 6.45) is 0.773. The van der Waals surface area contributed by atoms with E-state index in [4.69, 9.17) is 10.2 Å². The molecule has 2 aliphatic rings. The lowest BCUT2D eigenvalue weighted by atomic mass is 9.95. The van der Waals surface area contributed by atoms with Crippen molar-refractivity contribution in [2.45, 2.75) is 26.4 Å². The first kappa shape index (κ1) is 17.6. The summed E-state index contributed by atoms with van der Waals surface area (Å²) in [6.45, 7) is 3.44. The van der Waals surface area contributed by atoms with Crippen molar-refractivity contribution in [3.63, 3.8) is 0 Å². The highest BCUT2D eigenvalue weighted by molar-refractivity contribution is 5.98. The zero-order valence-corrected chi connectivity index (χ0v) is 16.1. The summed E-state index contributed by atoms with van der Waals surface area (Å²) in [5.41, 5.74) is 10.2. The lowest BCUT2D eigenvalue weighted by Crippen LogP contribution is -2.26. The molecule has 2 aliphatic heterocycles. The van der Waals surface area contributed by atoms with Crippen LogP contribution in [0.4, 0.5) is 5.69 Å². The van der Waals surface area contributed by atoms with Gasteiger partial charge in [-0.3, -0.25) is 10.0 Å². The van der Waals surface area contributed by atoms with Gasteiger partial charge >= 0.3 is 0 Å². The molecule has 0 atom stereocenters. The van der Waals surface area contributed by atoms with Gasteiger partial charge in [-0.2, -0.15) is 0 Å². The molecule has 0 unspecified atom stereocenters. The zero-order chi connectivity index (χ0) is 20.0. The number of amidine groups is 1. The smallest absolute Gasteiger partial charge is 0.274 e. The highest BCUT2D eigenvalue weighted by Gasteiger charge is 2.29. The number of aryl methyl sites for hydroxylation is 1. The van der Waals surface area contributed by atoms with Crippen LogP contribution in [0, 0.1) is 6.92 Å². The number of hydroxylamine groups is 1. The maximum Gasteiger partial charge on any atom is 0.274 e. The van der Waals surface area contributed by atoms with Crippen LogP contribution in [-0.4, -0.2) is 21.8 Å². The van der Waals surface area contributed by atoms with Crippen LogP contribution < -0.4 is 5.48 Å². The molecule has 0 saturated carbocycles. The fourth-order valence-corrected chi connectivity index (χ4v) is 4.35. The third-order valence-electron chi connectivity index (χ3n) is 5.73. The number of hydrogen-bond acceptors (Lipinski definition) is 4. The SMILES string of the molecule is Cc1cc2c(c(-c3ccccc3)c1)CC(N1Cc3cccc(C(=O)NO)c3C1)=N2. The Bertz CT molecular complexity index is 1150. The molecule has 5 rings (SSSR count). The van der Waals surface area contributed by atoms with E-state index in [9.17, 15) is 4.79 Å². The Balaban J connectivity index is 1.47. The third kappa shape index (κ3) is 3.00. The molecule has 3 aromatic rings. The first-order valence-electron chi connectivity index (χ1n) is 9.70. The topological polar surface area (TPSA) is 64.9 Å². The molecule has 0 aromatic heterocycles. The fourth-order valence-electron chi connectivity index (χ4n) is 4.35. The van der Waals surface area contributed by atoms with Crippen LogP contribution in [0.15, 0.2) is 65.7 Å². The number of aliphatic imine (C=N–C) groups is 1. The normalized spacial score (nSPS) is 14.4. The monoisotopic (exact) mass is 383 g/mol. The van der Waals surface area contributed by atoms with Crippen molar-refractivity contribution in [1.82, 2.24) is 10.4 Å². The molecule has 3 aromatic carbocycles. The van der Waals surface area contributed by atoms with Crippen LogP contribution in [0.5, 0.6) is 0 Å². The second-order valence-electron chi connectivity index (χ2n) is 7.62. The van der Waals surface area contributed by atoms with Crippen molar-refractivity contribution in [3.8, 4) is 11.1 Å². The van der Waals surface area contributed by atoms with Gasteiger partial charge in [0.2, 0.25) is 0 Å². The van der Waals surface area contributed by atoms with E-state index < -0.39 is 5.91 Å². The Morgan fingerprint density at radius 3 is 2.66 bits per heavy atom. The van der Waals surface area contributed by atoms with Crippen molar-refractivity contribution in [1.29, 1.82) is 0 Å². The van der Waals surface area contributed by atoms with E-state index in [2.05, 4.69) is 48.2 Å². The Morgan fingerprint density at radius 1 is 1.03 bits per heavy atom. The summed E-state index contributed by atoms with van der Waals surface area (Å²) < 4.78 is 0. The van der Waals surface area contributed by atoms with Crippen LogP contribution >= 0.6 is 0 Å². The molecular weight excluding hydrogens is 362 g/mol. The number of nitrogens with zero attached hydrogens (tertiary/aromatic N) is 2. The van der Waals surface area contributed by atoms with Crippen molar-refractivity contribution < 1.29 is 10.0 Å². The van der Waals surface area contributed by atoms with Crippen LogP contribution in [-0.2, 0) is 19.5 Å². The van der Waals surface area contributed by atoms with Gasteiger partial charge in [-0.05, 0) is 52.4 Å². The summed E-state index contributed by atoms with van der Waals surface area (Å²) in [4.78, 5) is 19.2. The number of nitrogens with one attached hydrogen (secondary N) is 1. The molecule has 0 saturated heterocycles. The minimum absolute atomic E-state index is 0.470. The van der Waals surface area contributed by atoms with Gasteiger partial charge in [0.05, 0.1) is 5.69 Å². The van der Waals surface area contributed by atoms with E-state index in [-0.39, 0.29) is 0 Å². The molecule has 2 heterocycles. The fraction of sp³-hybridized carbons (Fsp3) is 0.167. The molecule has 5 heteroatoms. The molecule has 0 bridgehead atoms. The van der Waals surface area contributed by atoms with Gasteiger partial charge < -0.3 is 4.90 Å². The van der Waals surface area contributed by atoms with Crippen LogP contribution in [0.25, 0.3) is 11.1 Å². The quantitative estimate of drug-likeness (QED) is 0.510. The van der Waals surface area contributed by atoms with Crippen LogP contribution in [0.2, 0.25) is 0 Å². The van der Waals surface area contributed by atoms with Crippen LogP contribution in [0.3, 0.4) is 0 Å². The lowest BCUT2D eigenvalue weighted by molar-refractivity contribution is 0.0705.